The fourth-order valence-electron chi connectivity index (χ4n) is 5.05. The number of non-ortho nitro benzene ring substituents is 1. The van der Waals surface area contributed by atoms with E-state index in [0.29, 0.717) is 6.07 Å². The van der Waals surface area contributed by atoms with Gasteiger partial charge in [0, 0.05) is 34.9 Å². The Balaban J connectivity index is 1.64. The van der Waals surface area contributed by atoms with E-state index in [1.54, 1.807) is 0 Å². The van der Waals surface area contributed by atoms with Crippen molar-refractivity contribution in [1.29, 1.82) is 0 Å². The molecule has 13 nitrogen and oxygen atoms in total. The van der Waals surface area contributed by atoms with Gasteiger partial charge < -0.3 is 19.7 Å². The Morgan fingerprint density at radius 2 is 1.38 bits per heavy atom. The fraction of sp³-hybridized carbons (Fsp3) is 0.0385. The van der Waals surface area contributed by atoms with Crippen molar-refractivity contribution < 1.29 is 42.7 Å². The molecule has 2 aliphatic rings. The number of hydrogen-bond acceptors (Lipinski definition) is 11. The van der Waals surface area contributed by atoms with Crippen LogP contribution in [0.25, 0.3) is 0 Å². The lowest BCUT2D eigenvalue weighted by Gasteiger charge is -2.36. The van der Waals surface area contributed by atoms with Crippen molar-refractivity contribution in [2.45, 2.75) is 15.4 Å². The Hall–Kier alpha value is -5.50. The minimum atomic E-state index is -4.82. The van der Waals surface area contributed by atoms with E-state index in [1.165, 1.54) is 48.5 Å². The maximum atomic E-state index is 13.8. The van der Waals surface area contributed by atoms with Crippen molar-refractivity contribution in [3.63, 3.8) is 0 Å². The number of ether oxygens (including phenoxy) is 2. The van der Waals surface area contributed by atoms with E-state index in [0.717, 1.165) is 18.2 Å². The lowest BCUT2D eigenvalue weighted by Crippen LogP contribution is -2.32. The molecule has 6 rings (SSSR count). The van der Waals surface area contributed by atoms with Gasteiger partial charge in [-0.3, -0.25) is 20.2 Å². The van der Waals surface area contributed by atoms with Crippen LogP contribution in [0.1, 0.15) is 27.0 Å². The van der Waals surface area contributed by atoms with Gasteiger partial charge in [0.25, 0.3) is 11.4 Å². The number of phenols is 2. The molecule has 2 N–H and O–H groups in total. The van der Waals surface area contributed by atoms with E-state index in [4.69, 9.17) is 9.47 Å². The van der Waals surface area contributed by atoms with Crippen LogP contribution in [-0.4, -0.2) is 34.4 Å². The summed E-state index contributed by atoms with van der Waals surface area (Å²) >= 11 is 0. The zero-order chi connectivity index (χ0) is 28.6. The molecule has 200 valence electrons. The second-order valence-corrected chi connectivity index (χ2v) is 10.8. The molecule has 0 bridgehead atoms. The quantitative estimate of drug-likeness (QED) is 0.204. The number of phenolic OH excluding ortho intramolecular Hbond substituents is 2. The zero-order valence-corrected chi connectivity index (χ0v) is 20.6. The number of nitro benzene ring substituents is 2. The van der Waals surface area contributed by atoms with Gasteiger partial charge in [-0.25, -0.2) is 13.2 Å². The van der Waals surface area contributed by atoms with Crippen molar-refractivity contribution in [3.05, 3.63) is 115 Å². The number of esters is 1. The largest absolute Gasteiger partial charge is 0.508 e. The minimum absolute atomic E-state index is 0.0605. The molecule has 0 fully saturated rings. The molecule has 4 aromatic rings. The van der Waals surface area contributed by atoms with Gasteiger partial charge >= 0.3 is 5.97 Å². The van der Waals surface area contributed by atoms with Crippen molar-refractivity contribution in [2.75, 3.05) is 0 Å². The first-order valence-electron chi connectivity index (χ1n) is 11.3. The predicted molar refractivity (Wildman–Crippen MR) is 133 cm³/mol. The first-order chi connectivity index (χ1) is 18.9. The molecule has 2 aliphatic heterocycles. The van der Waals surface area contributed by atoms with E-state index < -0.39 is 58.0 Å². The number of fused-ring (bicyclic) bond motifs is 6. The summed E-state index contributed by atoms with van der Waals surface area (Å²) in [7, 11) is -4.82. The van der Waals surface area contributed by atoms with Gasteiger partial charge in [-0.05, 0) is 36.4 Å². The van der Waals surface area contributed by atoms with Gasteiger partial charge in [0.15, 0.2) is 5.60 Å². The summed E-state index contributed by atoms with van der Waals surface area (Å²) in [5.74, 6) is -1.29. The third-order valence-electron chi connectivity index (χ3n) is 6.69. The van der Waals surface area contributed by atoms with Gasteiger partial charge in [0.05, 0.1) is 26.4 Å². The highest BCUT2D eigenvalue weighted by atomic mass is 32.2. The summed E-state index contributed by atoms with van der Waals surface area (Å²) < 4.78 is 39.4. The van der Waals surface area contributed by atoms with Gasteiger partial charge in [-0.2, -0.15) is 0 Å². The number of hydrogen-bond donors (Lipinski definition) is 2. The SMILES string of the molecule is O=C1OC2(c3ccc(O)cc3Oc3cc(O)ccc32)c2cccc(S(=O)(=O)c3ccc([N+](=O)[O-])cc3[N+](=O)[O-])c21. The van der Waals surface area contributed by atoms with Crippen molar-refractivity contribution in [2.24, 2.45) is 0 Å². The number of benzene rings is 4. The number of sulfone groups is 1. The molecule has 2 heterocycles. The highest BCUT2D eigenvalue weighted by Crippen LogP contribution is 2.57. The van der Waals surface area contributed by atoms with E-state index >= 15 is 0 Å². The van der Waals surface area contributed by atoms with Crippen LogP contribution < -0.4 is 4.74 Å². The Morgan fingerprint density at radius 3 is 1.95 bits per heavy atom. The Labute approximate surface area is 223 Å². The van der Waals surface area contributed by atoms with Crippen molar-refractivity contribution >= 4 is 27.2 Å². The average molecular weight is 562 g/mol. The average Bonchev–Trinajstić information content (AvgIpc) is 3.20. The third kappa shape index (κ3) is 3.32. The van der Waals surface area contributed by atoms with Crippen molar-refractivity contribution in [1.82, 2.24) is 0 Å². The van der Waals surface area contributed by atoms with E-state index in [9.17, 15) is 43.7 Å². The molecule has 0 atom stereocenters. The third-order valence-corrected chi connectivity index (χ3v) is 8.54. The van der Waals surface area contributed by atoms with E-state index in [1.807, 2.05) is 0 Å². The van der Waals surface area contributed by atoms with Crippen LogP contribution in [0.5, 0.6) is 23.0 Å². The second kappa shape index (κ2) is 8.25. The van der Waals surface area contributed by atoms with E-state index in [2.05, 4.69) is 0 Å². The number of nitro groups is 2. The number of rotatable bonds is 4. The molecular weight excluding hydrogens is 548 g/mol. The molecule has 0 saturated carbocycles. The lowest BCUT2D eigenvalue weighted by molar-refractivity contribution is -0.396. The highest BCUT2D eigenvalue weighted by Gasteiger charge is 2.55. The summed E-state index contributed by atoms with van der Waals surface area (Å²) in [5.41, 5.74) is -3.37. The van der Waals surface area contributed by atoms with Crippen LogP contribution in [0.3, 0.4) is 0 Å². The summed E-state index contributed by atoms with van der Waals surface area (Å²) in [6.07, 6.45) is 0. The van der Waals surface area contributed by atoms with Crippen LogP contribution in [0, 0.1) is 20.2 Å². The monoisotopic (exact) mass is 562 g/mol. The van der Waals surface area contributed by atoms with Gasteiger partial charge in [-0.15, -0.1) is 0 Å². The highest BCUT2D eigenvalue weighted by molar-refractivity contribution is 7.91. The van der Waals surface area contributed by atoms with Crippen LogP contribution >= 0.6 is 0 Å². The molecule has 0 radical (unpaired) electrons. The topological polar surface area (TPSA) is 196 Å². The minimum Gasteiger partial charge on any atom is -0.508 e. The van der Waals surface area contributed by atoms with E-state index in [-0.39, 0.29) is 39.7 Å². The summed E-state index contributed by atoms with van der Waals surface area (Å²) in [6, 6.07) is 14.0. The Morgan fingerprint density at radius 1 is 0.750 bits per heavy atom. The van der Waals surface area contributed by atoms with Crippen LogP contribution in [0.2, 0.25) is 0 Å². The molecule has 1 spiro atoms. The fourth-order valence-corrected chi connectivity index (χ4v) is 6.66. The van der Waals surface area contributed by atoms with Gasteiger partial charge in [0.2, 0.25) is 9.84 Å². The number of nitrogens with zero attached hydrogens (tertiary/aromatic N) is 2. The molecule has 4 aromatic carbocycles. The first-order valence-corrected chi connectivity index (χ1v) is 12.8. The predicted octanol–water partition coefficient (Wildman–Crippen LogP) is 4.32. The van der Waals surface area contributed by atoms with Crippen LogP contribution in [0.4, 0.5) is 11.4 Å². The number of carbonyl (C=O) groups excluding carboxylic acids is 1. The Kier molecular flexibility index (Phi) is 5.12. The van der Waals surface area contributed by atoms with Crippen molar-refractivity contribution in [3.8, 4) is 23.0 Å². The van der Waals surface area contributed by atoms with Crippen LogP contribution in [0.15, 0.2) is 82.6 Å². The molecule has 0 unspecified atom stereocenters. The number of aromatic hydroxyl groups is 2. The molecule has 0 saturated heterocycles. The summed E-state index contributed by atoms with van der Waals surface area (Å²) in [5, 5.41) is 43.0. The molecule has 0 amide bonds. The summed E-state index contributed by atoms with van der Waals surface area (Å²) in [4.78, 5) is 32.9. The van der Waals surface area contributed by atoms with Crippen LogP contribution in [-0.2, 0) is 20.2 Å². The smallest absolute Gasteiger partial charge is 0.341 e. The van der Waals surface area contributed by atoms with Gasteiger partial charge in [0.1, 0.15) is 27.9 Å². The molecule has 40 heavy (non-hydrogen) atoms. The lowest BCUT2D eigenvalue weighted by atomic mass is 9.77. The standard InChI is InChI=1S/C26H14N2O11S/c29-14-5-7-16-20(11-14)38-21-12-15(30)6-8-17(21)26(16)18-2-1-3-23(24(18)25(31)39-26)40(36,37)22-9-4-13(27(32)33)10-19(22)28(34)35/h1-12,29-30H. The zero-order valence-electron chi connectivity index (χ0n) is 19.8. The second-order valence-electron chi connectivity index (χ2n) is 8.88. The normalized spacial score (nSPS) is 14.4. The summed E-state index contributed by atoms with van der Waals surface area (Å²) in [6.45, 7) is 0. The maximum Gasteiger partial charge on any atom is 0.341 e. The maximum absolute atomic E-state index is 13.8. The molecular formula is C26H14N2O11S. The molecule has 14 heteroatoms. The molecule has 0 aliphatic carbocycles. The number of carbonyl (C=O) groups is 1. The first kappa shape index (κ1) is 24.8. The van der Waals surface area contributed by atoms with Gasteiger partial charge in [-0.1, -0.05) is 12.1 Å². The molecule has 0 aromatic heterocycles. The Bertz CT molecular complexity index is 1880.